The van der Waals surface area contributed by atoms with Crippen LogP contribution >= 0.6 is 0 Å². The van der Waals surface area contributed by atoms with Gasteiger partial charge in [0, 0.05) is 18.8 Å². The van der Waals surface area contributed by atoms with E-state index in [0.717, 1.165) is 29.2 Å². The van der Waals surface area contributed by atoms with Crippen LogP contribution in [0.1, 0.15) is 11.3 Å². The average molecular weight is 539 g/mol. The van der Waals surface area contributed by atoms with Crippen molar-refractivity contribution in [1.29, 1.82) is 0 Å². The van der Waals surface area contributed by atoms with Crippen LogP contribution in [0.5, 0.6) is 11.5 Å². The first-order chi connectivity index (χ1) is 17.1. The second kappa shape index (κ2) is 10.5. The van der Waals surface area contributed by atoms with Gasteiger partial charge in [0.15, 0.2) is 5.69 Å². The Balaban J connectivity index is 1.80. The molecule has 0 unspecified atom stereocenters. The van der Waals surface area contributed by atoms with Crippen molar-refractivity contribution < 1.29 is 49.0 Å². The lowest BCUT2D eigenvalue weighted by molar-refractivity contribution is -0.275. The van der Waals surface area contributed by atoms with Gasteiger partial charge in [-0.05, 0) is 42.0 Å². The summed E-state index contributed by atoms with van der Waals surface area (Å²) in [6, 6.07) is 9.44. The van der Waals surface area contributed by atoms with Gasteiger partial charge in [0.05, 0.1) is 6.54 Å². The summed E-state index contributed by atoms with van der Waals surface area (Å²) in [5.41, 5.74) is -0.821. The summed E-state index contributed by atoms with van der Waals surface area (Å²) in [4.78, 5) is 8.34. The maximum atomic E-state index is 13.4. The van der Waals surface area contributed by atoms with Gasteiger partial charge in [-0.2, -0.15) is 23.3 Å². The molecule has 16 heteroatoms. The first-order valence-electron chi connectivity index (χ1n) is 9.87. The molecule has 0 amide bonds. The molecular formula is C21H14F9N5O2. The van der Waals surface area contributed by atoms with Crippen LogP contribution in [0.2, 0.25) is 0 Å². The number of ether oxygens (including phenoxy) is 2. The van der Waals surface area contributed by atoms with Crippen LogP contribution in [-0.4, -0.2) is 29.7 Å². The highest BCUT2D eigenvalue weighted by Gasteiger charge is 2.34. The van der Waals surface area contributed by atoms with Crippen molar-refractivity contribution in [3.63, 3.8) is 0 Å². The van der Waals surface area contributed by atoms with Gasteiger partial charge < -0.3 is 14.4 Å². The standard InChI is InChI=1S/C21H14F9N5O2/c1-35(13-4-8-15(9-5-13)37-21(28,29)30)17-10-16(19(22,23)24)32-18(33-17)34-31-11-12-2-6-14(7-3-12)36-20(25,26)27/h2-10H,11H2,1H3. The van der Waals surface area contributed by atoms with Crippen molar-refractivity contribution in [3.05, 3.63) is 65.9 Å². The fourth-order valence-electron chi connectivity index (χ4n) is 2.76. The molecule has 0 spiro atoms. The van der Waals surface area contributed by atoms with Crippen LogP contribution in [0.3, 0.4) is 0 Å². The summed E-state index contributed by atoms with van der Waals surface area (Å²) in [6.07, 6.45) is -14.7. The normalized spacial score (nSPS) is 12.6. The Morgan fingerprint density at radius 3 is 1.76 bits per heavy atom. The molecule has 3 aromatic rings. The van der Waals surface area contributed by atoms with E-state index in [1.54, 1.807) is 0 Å². The molecule has 1 aromatic heterocycles. The van der Waals surface area contributed by atoms with Crippen LogP contribution in [0.25, 0.3) is 0 Å². The van der Waals surface area contributed by atoms with Gasteiger partial charge in [0.2, 0.25) is 0 Å². The molecule has 3 rings (SSSR count). The summed E-state index contributed by atoms with van der Waals surface area (Å²) >= 11 is 0. The number of benzene rings is 2. The van der Waals surface area contributed by atoms with Crippen LogP contribution in [0, 0.1) is 0 Å². The Morgan fingerprint density at radius 2 is 1.27 bits per heavy atom. The second-order valence-corrected chi connectivity index (χ2v) is 7.10. The van der Waals surface area contributed by atoms with E-state index < -0.39 is 42.0 Å². The van der Waals surface area contributed by atoms with Gasteiger partial charge in [-0.1, -0.05) is 12.1 Å². The molecule has 0 atom stereocenters. The van der Waals surface area contributed by atoms with Crippen LogP contribution in [0.4, 0.5) is 57.0 Å². The van der Waals surface area contributed by atoms with Crippen LogP contribution < -0.4 is 14.4 Å². The topological polar surface area (TPSA) is 72.2 Å². The summed E-state index contributed by atoms with van der Waals surface area (Å²) in [6.45, 7) is -0.224. The molecule has 1 heterocycles. The zero-order chi connectivity index (χ0) is 27.4. The third-order valence-corrected chi connectivity index (χ3v) is 4.36. The molecule has 0 fully saturated rings. The SMILES string of the molecule is CN(c1ccc(OC(F)(F)F)cc1)c1cc(C(F)(F)F)nc(N=NCc2ccc(OC(F)(F)F)cc2)n1. The number of nitrogens with zero attached hydrogens (tertiary/aromatic N) is 5. The van der Waals surface area contributed by atoms with Gasteiger partial charge in [-0.3, -0.25) is 0 Å². The molecule has 0 aliphatic carbocycles. The summed E-state index contributed by atoms with van der Waals surface area (Å²) in [7, 11) is 1.31. The Labute approximate surface area is 202 Å². The lowest BCUT2D eigenvalue weighted by Gasteiger charge is -2.20. The molecule has 198 valence electrons. The molecule has 0 aliphatic heterocycles. The second-order valence-electron chi connectivity index (χ2n) is 7.10. The number of halogens is 9. The number of hydrogen-bond donors (Lipinski definition) is 0. The molecule has 0 N–H and O–H groups in total. The lowest BCUT2D eigenvalue weighted by Crippen LogP contribution is -2.17. The molecule has 37 heavy (non-hydrogen) atoms. The maximum Gasteiger partial charge on any atom is 0.573 e. The molecule has 0 saturated heterocycles. The van der Waals surface area contributed by atoms with Crippen LogP contribution in [0.15, 0.2) is 64.8 Å². The smallest absolute Gasteiger partial charge is 0.406 e. The van der Waals surface area contributed by atoms with E-state index in [-0.39, 0.29) is 18.1 Å². The predicted octanol–water partition coefficient (Wildman–Crippen LogP) is 7.34. The van der Waals surface area contributed by atoms with Crippen molar-refractivity contribution in [2.24, 2.45) is 10.2 Å². The van der Waals surface area contributed by atoms with Gasteiger partial charge in [-0.25, -0.2) is 4.98 Å². The fourth-order valence-corrected chi connectivity index (χ4v) is 2.76. The molecule has 0 radical (unpaired) electrons. The molecule has 0 bridgehead atoms. The third kappa shape index (κ3) is 8.50. The van der Waals surface area contributed by atoms with Gasteiger partial charge in [0.1, 0.15) is 17.3 Å². The Bertz CT molecular complexity index is 1230. The Kier molecular flexibility index (Phi) is 7.78. The van der Waals surface area contributed by atoms with E-state index in [1.165, 1.54) is 31.3 Å². The van der Waals surface area contributed by atoms with E-state index in [1.807, 2.05) is 0 Å². The Hall–Kier alpha value is -4.11. The van der Waals surface area contributed by atoms with Gasteiger partial charge in [0.25, 0.3) is 5.95 Å². The van der Waals surface area contributed by atoms with Crippen molar-refractivity contribution in [2.45, 2.75) is 25.4 Å². The quantitative estimate of drug-likeness (QED) is 0.232. The van der Waals surface area contributed by atoms with E-state index in [2.05, 4.69) is 29.7 Å². The van der Waals surface area contributed by atoms with Gasteiger partial charge >= 0.3 is 18.9 Å². The van der Waals surface area contributed by atoms with E-state index in [9.17, 15) is 39.5 Å². The first kappa shape index (κ1) is 27.5. The maximum absolute atomic E-state index is 13.4. The largest absolute Gasteiger partial charge is 0.573 e. The van der Waals surface area contributed by atoms with Crippen molar-refractivity contribution in [1.82, 2.24) is 9.97 Å². The van der Waals surface area contributed by atoms with Crippen molar-refractivity contribution in [3.8, 4) is 11.5 Å². The monoisotopic (exact) mass is 539 g/mol. The zero-order valence-electron chi connectivity index (χ0n) is 18.4. The summed E-state index contributed by atoms with van der Waals surface area (Å²) in [5.74, 6) is -1.98. The van der Waals surface area contributed by atoms with Crippen LogP contribution in [-0.2, 0) is 12.7 Å². The number of azo groups is 1. The van der Waals surface area contributed by atoms with E-state index >= 15 is 0 Å². The number of alkyl halides is 9. The zero-order valence-corrected chi connectivity index (χ0v) is 18.4. The minimum Gasteiger partial charge on any atom is -0.406 e. The highest BCUT2D eigenvalue weighted by Crippen LogP contribution is 2.33. The number of hydrogen-bond acceptors (Lipinski definition) is 7. The van der Waals surface area contributed by atoms with E-state index in [4.69, 9.17) is 0 Å². The van der Waals surface area contributed by atoms with Crippen molar-refractivity contribution in [2.75, 3.05) is 11.9 Å². The third-order valence-electron chi connectivity index (χ3n) is 4.36. The molecule has 0 aliphatic rings. The highest BCUT2D eigenvalue weighted by atomic mass is 19.4. The predicted molar refractivity (Wildman–Crippen MR) is 110 cm³/mol. The molecule has 2 aromatic carbocycles. The number of aromatic nitrogens is 2. The van der Waals surface area contributed by atoms with Gasteiger partial charge in [-0.15, -0.1) is 31.5 Å². The first-order valence-corrected chi connectivity index (χ1v) is 9.87. The minimum atomic E-state index is -4.92. The minimum absolute atomic E-state index is 0.172. The number of anilines is 2. The molecule has 7 nitrogen and oxygen atoms in total. The van der Waals surface area contributed by atoms with Crippen molar-refractivity contribution >= 4 is 17.5 Å². The summed E-state index contributed by atoms with van der Waals surface area (Å²) in [5, 5.41) is 7.25. The summed E-state index contributed by atoms with van der Waals surface area (Å²) < 4.78 is 121. The highest BCUT2D eigenvalue weighted by molar-refractivity contribution is 5.61. The Morgan fingerprint density at radius 1 is 0.757 bits per heavy atom. The molecule has 0 saturated carbocycles. The lowest BCUT2D eigenvalue weighted by atomic mass is 10.2. The molecular weight excluding hydrogens is 525 g/mol. The van der Waals surface area contributed by atoms with E-state index in [0.29, 0.717) is 11.6 Å². The number of rotatable bonds is 7. The average Bonchev–Trinajstić information content (AvgIpc) is 2.77. The fraction of sp³-hybridized carbons (Fsp3) is 0.238.